The largest absolute Gasteiger partial charge is 0.497 e. The zero-order valence-corrected chi connectivity index (χ0v) is 17.4. The van der Waals surface area contributed by atoms with Crippen molar-refractivity contribution in [1.29, 1.82) is 0 Å². The summed E-state index contributed by atoms with van der Waals surface area (Å²) in [5, 5.41) is 2.90. The molecular formula is C22H28FN3O4. The van der Waals surface area contributed by atoms with Crippen LogP contribution in [0.25, 0.3) is 0 Å². The molecule has 0 bridgehead atoms. The van der Waals surface area contributed by atoms with Crippen LogP contribution in [0.4, 0.5) is 10.1 Å². The van der Waals surface area contributed by atoms with Gasteiger partial charge in [-0.2, -0.15) is 0 Å². The maximum Gasteiger partial charge on any atom is 0.228 e. The third kappa shape index (κ3) is 3.87. The average molecular weight is 417 g/mol. The number of anilines is 1. The van der Waals surface area contributed by atoms with Crippen LogP contribution in [-0.2, 0) is 14.4 Å². The van der Waals surface area contributed by atoms with Gasteiger partial charge in [-0.05, 0) is 31.2 Å². The topological polar surface area (TPSA) is 79.0 Å². The van der Waals surface area contributed by atoms with Crippen molar-refractivity contribution in [1.82, 2.24) is 10.2 Å². The highest BCUT2D eigenvalue weighted by molar-refractivity contribution is 6.10. The van der Waals surface area contributed by atoms with Crippen LogP contribution < -0.4 is 15.0 Å². The van der Waals surface area contributed by atoms with Crippen LogP contribution >= 0.6 is 0 Å². The van der Waals surface area contributed by atoms with Gasteiger partial charge in [-0.25, -0.2) is 4.39 Å². The molecule has 0 spiro atoms. The Morgan fingerprint density at radius 1 is 1.23 bits per heavy atom. The minimum atomic E-state index is -0.855. The van der Waals surface area contributed by atoms with Crippen molar-refractivity contribution < 1.29 is 23.5 Å². The number of amides is 2. The fraction of sp³-hybridized carbons (Fsp3) is 0.591. The molecule has 2 aliphatic heterocycles. The fourth-order valence-corrected chi connectivity index (χ4v) is 4.82. The highest BCUT2D eigenvalue weighted by atomic mass is 19.1. The van der Waals surface area contributed by atoms with Crippen LogP contribution in [0.1, 0.15) is 32.6 Å². The summed E-state index contributed by atoms with van der Waals surface area (Å²) in [4.78, 5) is 41.3. The molecule has 0 radical (unpaired) electrons. The first-order chi connectivity index (χ1) is 14.3. The number of hydrogen-bond donors (Lipinski definition) is 1. The van der Waals surface area contributed by atoms with Gasteiger partial charge >= 0.3 is 0 Å². The van der Waals surface area contributed by atoms with Crippen molar-refractivity contribution in [3.05, 3.63) is 24.0 Å². The van der Waals surface area contributed by atoms with Gasteiger partial charge in [0.2, 0.25) is 11.8 Å². The van der Waals surface area contributed by atoms with Crippen LogP contribution in [0.15, 0.2) is 18.2 Å². The van der Waals surface area contributed by atoms with Gasteiger partial charge in [-0.15, -0.1) is 0 Å². The van der Waals surface area contributed by atoms with Crippen molar-refractivity contribution in [2.45, 2.75) is 38.1 Å². The molecule has 1 aliphatic carbocycles. The molecule has 1 aromatic carbocycles. The number of carbonyl (C=O) groups is 3. The molecule has 0 aromatic heterocycles. The van der Waals surface area contributed by atoms with E-state index in [1.165, 1.54) is 19.2 Å². The highest BCUT2D eigenvalue weighted by Gasteiger charge is 2.56. The molecule has 7 nitrogen and oxygen atoms in total. The second-order valence-corrected chi connectivity index (χ2v) is 8.66. The lowest BCUT2D eigenvalue weighted by atomic mass is 9.81. The van der Waals surface area contributed by atoms with E-state index in [-0.39, 0.29) is 41.7 Å². The van der Waals surface area contributed by atoms with Gasteiger partial charge in [-0.3, -0.25) is 14.4 Å². The highest BCUT2D eigenvalue weighted by Crippen LogP contribution is 2.46. The number of benzene rings is 1. The van der Waals surface area contributed by atoms with E-state index in [1.54, 1.807) is 11.0 Å². The Bertz CT molecular complexity index is 864. The second-order valence-electron chi connectivity index (χ2n) is 8.66. The van der Waals surface area contributed by atoms with E-state index in [1.807, 2.05) is 11.8 Å². The summed E-state index contributed by atoms with van der Waals surface area (Å²) in [5.41, 5.74) is -0.120. The zero-order chi connectivity index (χ0) is 21.5. The van der Waals surface area contributed by atoms with Gasteiger partial charge in [0.25, 0.3) is 0 Å². The predicted octanol–water partition coefficient (Wildman–Crippen LogP) is 1.75. The predicted molar refractivity (Wildman–Crippen MR) is 109 cm³/mol. The average Bonchev–Trinajstić information content (AvgIpc) is 3.53. The number of piperazine rings is 1. The molecular weight excluding hydrogens is 389 g/mol. The molecule has 3 aliphatic rings. The third-order valence-corrected chi connectivity index (χ3v) is 6.55. The molecule has 2 atom stereocenters. The molecule has 0 unspecified atom stereocenters. The van der Waals surface area contributed by atoms with Gasteiger partial charge in [0, 0.05) is 49.9 Å². The first kappa shape index (κ1) is 20.6. The van der Waals surface area contributed by atoms with Gasteiger partial charge in [-0.1, -0.05) is 6.92 Å². The van der Waals surface area contributed by atoms with E-state index in [9.17, 15) is 18.8 Å². The number of ketones is 1. The van der Waals surface area contributed by atoms with Gasteiger partial charge in [0.1, 0.15) is 17.1 Å². The number of Topliss-reactive ketones (excluding diaryl/α,β-unsaturated/α-hetero) is 1. The summed E-state index contributed by atoms with van der Waals surface area (Å²) in [5.74, 6) is -0.387. The Labute approximate surface area is 175 Å². The summed E-state index contributed by atoms with van der Waals surface area (Å²) in [6.45, 7) is 4.08. The minimum absolute atomic E-state index is 0.000414. The Balaban J connectivity index is 1.38. The Morgan fingerprint density at radius 3 is 2.50 bits per heavy atom. The van der Waals surface area contributed by atoms with E-state index in [0.717, 1.165) is 18.5 Å². The lowest BCUT2D eigenvalue weighted by molar-refractivity contribution is -0.137. The van der Waals surface area contributed by atoms with E-state index >= 15 is 0 Å². The number of carbonyl (C=O) groups excluding carboxylic acids is 3. The van der Waals surface area contributed by atoms with Crippen molar-refractivity contribution in [3.63, 3.8) is 0 Å². The van der Waals surface area contributed by atoms with Crippen LogP contribution in [0, 0.1) is 17.7 Å². The monoisotopic (exact) mass is 417 g/mol. The quantitative estimate of drug-likeness (QED) is 0.714. The minimum Gasteiger partial charge on any atom is -0.497 e. The summed E-state index contributed by atoms with van der Waals surface area (Å²) in [7, 11) is 1.50. The Morgan fingerprint density at radius 2 is 1.93 bits per heavy atom. The number of hydrogen-bond acceptors (Lipinski definition) is 5. The van der Waals surface area contributed by atoms with Crippen LogP contribution in [0.3, 0.4) is 0 Å². The van der Waals surface area contributed by atoms with Crippen LogP contribution in [0.5, 0.6) is 5.75 Å². The van der Waals surface area contributed by atoms with Crippen LogP contribution in [-0.4, -0.2) is 61.3 Å². The van der Waals surface area contributed by atoms with E-state index in [4.69, 9.17) is 4.74 Å². The molecule has 2 heterocycles. The lowest BCUT2D eigenvalue weighted by Gasteiger charge is -2.38. The number of methoxy groups -OCH3 is 1. The number of nitrogens with zero attached hydrogens (tertiary/aromatic N) is 2. The number of nitrogens with one attached hydrogen (secondary N) is 1. The normalized spacial score (nSPS) is 25.3. The van der Waals surface area contributed by atoms with Crippen molar-refractivity contribution in [3.8, 4) is 5.75 Å². The molecule has 1 N–H and O–H groups in total. The second kappa shape index (κ2) is 7.89. The standard InChI is InChI=1S/C22H28FN3O4/c1-14(13-22(15-3-4-15)19(27)12-20(28)24-22)21(29)26-7-5-25(6-8-26)17-9-16(23)10-18(11-17)30-2/h9-11,14-15H,3-8,12-13H2,1-2H3,(H,24,28)/t14-,22-/m0/s1. The number of rotatable bonds is 6. The molecule has 1 aromatic rings. The van der Waals surface area contributed by atoms with Gasteiger partial charge < -0.3 is 19.9 Å². The molecule has 2 saturated heterocycles. The molecule has 3 fully saturated rings. The summed E-state index contributed by atoms with van der Waals surface area (Å²) in [6.07, 6.45) is 2.13. The number of ether oxygens (including phenoxy) is 1. The fourth-order valence-electron chi connectivity index (χ4n) is 4.82. The van der Waals surface area contributed by atoms with Crippen molar-refractivity contribution in [2.24, 2.45) is 11.8 Å². The van der Waals surface area contributed by atoms with Gasteiger partial charge in [0.05, 0.1) is 13.5 Å². The smallest absolute Gasteiger partial charge is 0.228 e. The summed E-state index contributed by atoms with van der Waals surface area (Å²) < 4.78 is 19.0. The summed E-state index contributed by atoms with van der Waals surface area (Å²) >= 11 is 0. The first-order valence-electron chi connectivity index (χ1n) is 10.5. The first-order valence-corrected chi connectivity index (χ1v) is 10.5. The number of halogens is 1. The molecule has 2 amide bonds. The lowest BCUT2D eigenvalue weighted by Crippen LogP contribution is -2.54. The Hall–Kier alpha value is -2.64. The molecule has 8 heteroatoms. The van der Waals surface area contributed by atoms with E-state index in [0.29, 0.717) is 38.3 Å². The van der Waals surface area contributed by atoms with E-state index in [2.05, 4.69) is 5.32 Å². The molecule has 30 heavy (non-hydrogen) atoms. The third-order valence-electron chi connectivity index (χ3n) is 6.55. The molecule has 4 rings (SSSR count). The molecule has 162 valence electrons. The SMILES string of the molecule is COc1cc(F)cc(N2CCN(C(=O)[C@@H](C)C[C@@]3(C4CC4)NC(=O)CC3=O)CC2)c1. The van der Waals surface area contributed by atoms with Crippen molar-refractivity contribution >= 4 is 23.3 Å². The zero-order valence-electron chi connectivity index (χ0n) is 17.4. The Kier molecular flexibility index (Phi) is 5.42. The molecule has 1 saturated carbocycles. The van der Waals surface area contributed by atoms with Gasteiger partial charge in [0.15, 0.2) is 5.78 Å². The van der Waals surface area contributed by atoms with Crippen molar-refractivity contribution in [2.75, 3.05) is 38.2 Å². The summed E-state index contributed by atoms with van der Waals surface area (Å²) in [6, 6.07) is 4.59. The maximum absolute atomic E-state index is 13.8. The maximum atomic E-state index is 13.8. The van der Waals surface area contributed by atoms with E-state index < -0.39 is 5.54 Å². The van der Waals surface area contributed by atoms with Crippen LogP contribution in [0.2, 0.25) is 0 Å².